The predicted octanol–water partition coefficient (Wildman–Crippen LogP) is 3.72. The van der Waals surface area contributed by atoms with Gasteiger partial charge in [0.25, 0.3) is 0 Å². The van der Waals surface area contributed by atoms with Crippen LogP contribution in [0.4, 0.5) is 29.7 Å². The molecule has 0 aliphatic carbocycles. The van der Waals surface area contributed by atoms with Crippen molar-refractivity contribution in [3.63, 3.8) is 0 Å². The fraction of sp³-hybridized carbons (Fsp3) is 0.452. The normalized spacial score (nSPS) is 13.9. The van der Waals surface area contributed by atoms with Crippen molar-refractivity contribution in [1.82, 2.24) is 24.8 Å². The average molecular weight is 678 g/mol. The van der Waals surface area contributed by atoms with E-state index in [0.717, 1.165) is 50.0 Å². The van der Waals surface area contributed by atoms with Gasteiger partial charge in [0.15, 0.2) is 0 Å². The van der Waals surface area contributed by atoms with Gasteiger partial charge in [-0.05, 0) is 36.8 Å². The monoisotopic (exact) mass is 677 g/mol. The van der Waals surface area contributed by atoms with Crippen molar-refractivity contribution >= 4 is 29.8 Å². The third-order valence-electron chi connectivity index (χ3n) is 7.21. The zero-order valence-corrected chi connectivity index (χ0v) is 26.2. The molecule has 1 aromatic carbocycles. The van der Waals surface area contributed by atoms with E-state index in [4.69, 9.17) is 14.6 Å². The molecule has 0 spiro atoms. The summed E-state index contributed by atoms with van der Waals surface area (Å²) < 4.78 is 38.4. The van der Waals surface area contributed by atoms with Gasteiger partial charge < -0.3 is 30.5 Å². The predicted molar refractivity (Wildman–Crippen MR) is 167 cm³/mol. The number of carbonyl (C=O) groups is 3. The Hall–Kier alpha value is -5.22. The highest BCUT2D eigenvalue weighted by Crippen LogP contribution is 2.25. The van der Waals surface area contributed by atoms with Crippen LogP contribution in [0.1, 0.15) is 43.7 Å². The number of alkyl carbamates (subject to hydrolysis) is 1. The van der Waals surface area contributed by atoms with E-state index in [2.05, 4.69) is 37.4 Å². The number of rotatable bonds is 13. The van der Waals surface area contributed by atoms with Crippen LogP contribution in [0.5, 0.6) is 0 Å². The number of aromatic nitrogens is 4. The number of hydrogen-bond donors (Lipinski definition) is 4. The van der Waals surface area contributed by atoms with Crippen LogP contribution in [-0.2, 0) is 33.9 Å². The second-order valence-corrected chi connectivity index (χ2v) is 11.0. The van der Waals surface area contributed by atoms with Gasteiger partial charge in [-0.3, -0.25) is 9.36 Å². The van der Waals surface area contributed by atoms with Gasteiger partial charge in [0.05, 0.1) is 12.5 Å². The number of nitrogens with one attached hydrogen (secondary N) is 2. The molecule has 3 aromatic rings. The molecule has 1 saturated heterocycles. The molecular formula is C31H38F3N7O7. The number of carbonyl (C=O) groups excluding carboxylic acids is 1. The summed E-state index contributed by atoms with van der Waals surface area (Å²) in [4.78, 5) is 60.9. The number of aryl methyl sites for hydroxylation is 1. The number of carboxylic acid groups (broad SMARTS) is 2. The van der Waals surface area contributed by atoms with E-state index in [9.17, 15) is 32.7 Å². The van der Waals surface area contributed by atoms with Gasteiger partial charge in [0.1, 0.15) is 12.4 Å². The van der Waals surface area contributed by atoms with Crippen molar-refractivity contribution in [2.45, 2.75) is 64.4 Å². The lowest BCUT2D eigenvalue weighted by atomic mass is 9.96. The molecule has 17 heteroatoms. The molecule has 4 rings (SSSR count). The topological polar surface area (TPSA) is 189 Å². The molecule has 0 saturated carbocycles. The number of amides is 1. The first-order valence-corrected chi connectivity index (χ1v) is 15.2. The Labute approximate surface area is 274 Å². The van der Waals surface area contributed by atoms with E-state index in [1.165, 1.54) is 4.57 Å². The molecule has 1 aliphatic heterocycles. The van der Waals surface area contributed by atoms with E-state index in [0.29, 0.717) is 24.1 Å². The Morgan fingerprint density at radius 1 is 1.06 bits per heavy atom. The van der Waals surface area contributed by atoms with Crippen LogP contribution in [0.3, 0.4) is 0 Å². The van der Waals surface area contributed by atoms with E-state index in [1.807, 2.05) is 30.3 Å². The molecular weight excluding hydrogens is 639 g/mol. The van der Waals surface area contributed by atoms with Crippen LogP contribution >= 0.6 is 0 Å². The van der Waals surface area contributed by atoms with Crippen molar-refractivity contribution in [3.8, 4) is 0 Å². The number of nitrogens with zero attached hydrogens (tertiary/aromatic N) is 5. The molecule has 3 heterocycles. The number of hydrogen-bond acceptors (Lipinski definition) is 10. The Kier molecular flexibility index (Phi) is 14.1. The fourth-order valence-electron chi connectivity index (χ4n) is 4.89. The van der Waals surface area contributed by atoms with Crippen LogP contribution in [0, 0.1) is 5.92 Å². The molecule has 48 heavy (non-hydrogen) atoms. The molecule has 1 fully saturated rings. The van der Waals surface area contributed by atoms with Crippen molar-refractivity contribution in [2.24, 2.45) is 5.92 Å². The zero-order chi connectivity index (χ0) is 35.1. The first-order valence-electron chi connectivity index (χ1n) is 15.2. The Bertz CT molecular complexity index is 1530. The molecule has 2 aromatic heterocycles. The first kappa shape index (κ1) is 37.2. The van der Waals surface area contributed by atoms with Crippen LogP contribution in [0.2, 0.25) is 0 Å². The van der Waals surface area contributed by atoms with Gasteiger partial charge in [0.2, 0.25) is 5.95 Å². The molecule has 1 amide bonds. The summed E-state index contributed by atoms with van der Waals surface area (Å²) in [5.74, 6) is -2.11. The minimum atomic E-state index is -5.08. The first-order chi connectivity index (χ1) is 22.8. The highest BCUT2D eigenvalue weighted by atomic mass is 19.4. The van der Waals surface area contributed by atoms with Crippen molar-refractivity contribution in [2.75, 3.05) is 29.9 Å². The number of benzene rings is 1. The standard InChI is InChI=1S/C29H37N7O5.C2HF3O2/c1-2-7-23-18-36(19-24(16-25(37)38)33-29(40)41-20-22-8-4-3-5-9-22)28(39)34-26(23)35-14-10-21(11-15-35)17-32-27-30-12-6-13-31-27;3-2(4,5)1(6)7/h3-6,8-9,12-13,18,21,24H,2,7,10-11,14-17,19-20H2,1H3,(H,33,40)(H,37,38)(H,30,31,32);(H,6,7). The Morgan fingerprint density at radius 3 is 2.29 bits per heavy atom. The Morgan fingerprint density at radius 2 is 1.71 bits per heavy atom. The van der Waals surface area contributed by atoms with E-state index < -0.39 is 35.9 Å². The van der Waals surface area contributed by atoms with Crippen LogP contribution in [0.25, 0.3) is 0 Å². The number of anilines is 2. The minimum absolute atomic E-state index is 0.0368. The number of halogens is 3. The summed E-state index contributed by atoms with van der Waals surface area (Å²) in [5, 5.41) is 22.4. The number of ether oxygens (including phenoxy) is 1. The maximum absolute atomic E-state index is 13.1. The molecule has 0 bridgehead atoms. The SMILES string of the molecule is CCCc1cn(CC(CC(=O)O)NC(=O)OCc2ccccc2)c(=O)nc1N1CCC(CNc2ncccn2)CC1.O=C(O)C(F)(F)F. The molecule has 1 atom stereocenters. The minimum Gasteiger partial charge on any atom is -0.481 e. The summed E-state index contributed by atoms with van der Waals surface area (Å²) in [6, 6.07) is 10.1. The van der Waals surface area contributed by atoms with Crippen LogP contribution < -0.4 is 21.2 Å². The number of alkyl halides is 3. The summed E-state index contributed by atoms with van der Waals surface area (Å²) in [5.41, 5.74) is 1.24. The van der Waals surface area contributed by atoms with Crippen molar-refractivity contribution in [3.05, 3.63) is 76.6 Å². The lowest BCUT2D eigenvalue weighted by Crippen LogP contribution is -2.43. The van der Waals surface area contributed by atoms with Gasteiger partial charge in [-0.15, -0.1) is 0 Å². The smallest absolute Gasteiger partial charge is 0.481 e. The molecule has 1 aliphatic rings. The van der Waals surface area contributed by atoms with Gasteiger partial charge in [-0.25, -0.2) is 24.4 Å². The molecule has 260 valence electrons. The van der Waals surface area contributed by atoms with Crippen molar-refractivity contribution < 1.29 is 42.5 Å². The molecule has 0 radical (unpaired) electrons. The Balaban J connectivity index is 0.000000804. The number of piperidine rings is 1. The summed E-state index contributed by atoms with van der Waals surface area (Å²) in [6.07, 6.45) is 2.41. The van der Waals surface area contributed by atoms with E-state index >= 15 is 0 Å². The number of carboxylic acids is 2. The second kappa shape index (κ2) is 18.2. The van der Waals surface area contributed by atoms with Crippen LogP contribution in [-0.4, -0.2) is 79.6 Å². The summed E-state index contributed by atoms with van der Waals surface area (Å²) in [7, 11) is 0. The maximum Gasteiger partial charge on any atom is 0.490 e. The summed E-state index contributed by atoms with van der Waals surface area (Å²) in [6.45, 7) is 4.39. The third-order valence-corrected chi connectivity index (χ3v) is 7.21. The molecule has 1 unspecified atom stereocenters. The molecule has 14 nitrogen and oxygen atoms in total. The fourth-order valence-corrected chi connectivity index (χ4v) is 4.89. The average Bonchev–Trinajstić information content (AvgIpc) is 3.05. The maximum atomic E-state index is 13.1. The van der Waals surface area contributed by atoms with Gasteiger partial charge >= 0.3 is 29.9 Å². The third kappa shape index (κ3) is 12.5. The highest BCUT2D eigenvalue weighted by Gasteiger charge is 2.38. The van der Waals surface area contributed by atoms with Crippen molar-refractivity contribution in [1.29, 1.82) is 0 Å². The largest absolute Gasteiger partial charge is 0.490 e. The second-order valence-electron chi connectivity index (χ2n) is 11.0. The lowest BCUT2D eigenvalue weighted by Gasteiger charge is -2.34. The van der Waals surface area contributed by atoms with E-state index in [1.54, 1.807) is 24.7 Å². The van der Waals surface area contributed by atoms with Gasteiger partial charge in [0, 0.05) is 50.3 Å². The van der Waals surface area contributed by atoms with E-state index in [-0.39, 0.29) is 19.6 Å². The zero-order valence-electron chi connectivity index (χ0n) is 26.2. The van der Waals surface area contributed by atoms with Gasteiger partial charge in [-0.1, -0.05) is 43.7 Å². The quantitative estimate of drug-likeness (QED) is 0.206. The number of aliphatic carboxylic acids is 2. The summed E-state index contributed by atoms with van der Waals surface area (Å²) >= 11 is 0. The van der Waals surface area contributed by atoms with Crippen LogP contribution in [0.15, 0.2) is 59.8 Å². The lowest BCUT2D eigenvalue weighted by molar-refractivity contribution is -0.192. The molecule has 4 N–H and O–H groups in total. The van der Waals surface area contributed by atoms with Gasteiger partial charge in [-0.2, -0.15) is 18.2 Å². The highest BCUT2D eigenvalue weighted by molar-refractivity contribution is 5.73.